The van der Waals surface area contributed by atoms with Gasteiger partial charge in [-0.1, -0.05) is 147 Å². The molecule has 2 aliphatic heterocycles. The predicted octanol–water partition coefficient (Wildman–Crippen LogP) is 5.54. The third-order valence-corrected chi connectivity index (χ3v) is 11.8. The quantitative estimate of drug-likeness (QED) is 0.0279. The average molecular weight is 886 g/mol. The number of hydrogen-bond acceptors (Lipinski definition) is 13. The van der Waals surface area contributed by atoms with Gasteiger partial charge in [0.15, 0.2) is 12.6 Å². The summed E-state index contributed by atoms with van der Waals surface area (Å²) in [6.45, 7) is 2.72. The molecule has 12 atom stereocenters. The summed E-state index contributed by atoms with van der Waals surface area (Å²) in [7, 11) is 0. The third-order valence-electron chi connectivity index (χ3n) is 11.8. The van der Waals surface area contributed by atoms with E-state index in [0.717, 1.165) is 64.2 Å². The molecule has 62 heavy (non-hydrogen) atoms. The second-order valence-electron chi connectivity index (χ2n) is 17.2. The van der Waals surface area contributed by atoms with Crippen molar-refractivity contribution in [2.45, 2.75) is 242 Å². The molecule has 14 heteroatoms. The van der Waals surface area contributed by atoms with Crippen LogP contribution in [0.2, 0.25) is 0 Å². The van der Waals surface area contributed by atoms with Crippen molar-refractivity contribution in [1.29, 1.82) is 0 Å². The van der Waals surface area contributed by atoms with Gasteiger partial charge in [0.1, 0.15) is 48.8 Å². The molecule has 0 saturated carbocycles. The zero-order valence-corrected chi connectivity index (χ0v) is 38.1. The second kappa shape index (κ2) is 35.5. The monoisotopic (exact) mass is 886 g/mol. The number of aliphatic hydroxyl groups is 8. The maximum atomic E-state index is 13.1. The largest absolute Gasteiger partial charge is 0.394 e. The van der Waals surface area contributed by atoms with Crippen molar-refractivity contribution in [1.82, 2.24) is 5.32 Å². The smallest absolute Gasteiger partial charge is 0.220 e. The highest BCUT2D eigenvalue weighted by molar-refractivity contribution is 5.76. The molecule has 0 radical (unpaired) electrons. The normalized spacial score (nSPS) is 28.0. The van der Waals surface area contributed by atoms with E-state index in [1.165, 1.54) is 77.0 Å². The molecular formula is C48H87NO13. The Morgan fingerprint density at radius 2 is 1.06 bits per heavy atom. The Bertz CT molecular complexity index is 1190. The molecule has 9 N–H and O–H groups in total. The average Bonchev–Trinajstić information content (AvgIpc) is 3.27. The van der Waals surface area contributed by atoms with Gasteiger partial charge in [-0.3, -0.25) is 4.79 Å². The number of nitrogens with one attached hydrogen (secondary N) is 1. The van der Waals surface area contributed by atoms with Crippen molar-refractivity contribution in [3.05, 3.63) is 36.5 Å². The van der Waals surface area contributed by atoms with Crippen LogP contribution in [0.25, 0.3) is 0 Å². The van der Waals surface area contributed by atoms with Gasteiger partial charge in [0.2, 0.25) is 5.91 Å². The van der Waals surface area contributed by atoms with E-state index < -0.39 is 86.8 Å². The SMILES string of the molecule is CCCCC/C=C\C/C=C\CCCCCCCC(=O)N[C@@H](CO[C@@H]1O[C@H](CO)[C@@H](O[C@@H]2O[C@H](CO)[C@H](O)[C@H](O)[C@H]2O)[C@H](O)[C@H]1O)[C@H](O)/C=C/CCCCCCCCCCCCC. The molecule has 2 fully saturated rings. The minimum Gasteiger partial charge on any atom is -0.394 e. The minimum absolute atomic E-state index is 0.256. The number of hydrogen-bond donors (Lipinski definition) is 9. The summed E-state index contributed by atoms with van der Waals surface area (Å²) in [5, 5.41) is 86.6. The summed E-state index contributed by atoms with van der Waals surface area (Å²) >= 11 is 0. The van der Waals surface area contributed by atoms with E-state index in [-0.39, 0.29) is 18.9 Å². The van der Waals surface area contributed by atoms with Gasteiger partial charge in [0.05, 0.1) is 32.0 Å². The second-order valence-corrected chi connectivity index (χ2v) is 17.2. The Kier molecular flexibility index (Phi) is 32.2. The molecule has 0 spiro atoms. The third kappa shape index (κ3) is 22.9. The van der Waals surface area contributed by atoms with E-state index in [1.807, 2.05) is 6.08 Å². The number of carbonyl (C=O) groups is 1. The van der Waals surface area contributed by atoms with E-state index >= 15 is 0 Å². The van der Waals surface area contributed by atoms with Crippen LogP contribution in [0.4, 0.5) is 0 Å². The van der Waals surface area contributed by atoms with Crippen molar-refractivity contribution in [3.8, 4) is 0 Å². The molecule has 2 saturated heterocycles. The maximum absolute atomic E-state index is 13.1. The van der Waals surface area contributed by atoms with Gasteiger partial charge in [-0.25, -0.2) is 0 Å². The fourth-order valence-corrected chi connectivity index (χ4v) is 7.79. The Labute approximate surface area is 372 Å². The van der Waals surface area contributed by atoms with Gasteiger partial charge in [-0.2, -0.15) is 0 Å². The topological polar surface area (TPSA) is 228 Å². The van der Waals surface area contributed by atoms with Gasteiger partial charge in [-0.15, -0.1) is 0 Å². The van der Waals surface area contributed by atoms with Crippen molar-refractivity contribution >= 4 is 5.91 Å². The molecule has 0 aromatic heterocycles. The van der Waals surface area contributed by atoms with Crippen LogP contribution in [0.5, 0.6) is 0 Å². The molecule has 0 aromatic carbocycles. The van der Waals surface area contributed by atoms with Gasteiger partial charge >= 0.3 is 0 Å². The zero-order valence-electron chi connectivity index (χ0n) is 38.1. The highest BCUT2D eigenvalue weighted by Gasteiger charge is 2.51. The lowest BCUT2D eigenvalue weighted by Gasteiger charge is -2.46. The molecule has 362 valence electrons. The van der Waals surface area contributed by atoms with E-state index in [4.69, 9.17) is 18.9 Å². The van der Waals surface area contributed by atoms with Crippen LogP contribution in [0.3, 0.4) is 0 Å². The zero-order chi connectivity index (χ0) is 45.4. The number of unbranched alkanes of at least 4 members (excludes halogenated alkanes) is 19. The number of rotatable bonds is 36. The highest BCUT2D eigenvalue weighted by Crippen LogP contribution is 2.30. The number of amides is 1. The Morgan fingerprint density at radius 3 is 1.65 bits per heavy atom. The first-order valence-corrected chi connectivity index (χ1v) is 24.2. The standard InChI is InChI=1S/C48H87NO13/c1-3-5-7-9-11-13-15-17-18-20-22-24-26-28-30-32-40(53)49-36(37(52)31-29-27-25-23-21-19-16-14-12-10-8-6-4-2)35-59-47-45(58)43(56)46(39(34-51)61-47)62-48-44(57)42(55)41(54)38(33-50)60-48/h11,13,17-18,29,31,36-39,41-48,50-52,54-58H,3-10,12,14-16,19-28,30,32-35H2,1-2H3,(H,49,53)/b13-11-,18-17-,31-29+/t36-,37+,38+,39+,41-,42-,43+,44+,45+,46+,47+,48-/m0/s1. The Hall–Kier alpha value is -1.79. The fourth-order valence-electron chi connectivity index (χ4n) is 7.79. The molecule has 2 heterocycles. The number of ether oxygens (including phenoxy) is 4. The predicted molar refractivity (Wildman–Crippen MR) is 240 cm³/mol. The maximum Gasteiger partial charge on any atom is 0.220 e. The molecule has 2 aliphatic rings. The first kappa shape index (κ1) is 56.3. The fraction of sp³-hybridized carbons (Fsp3) is 0.854. The van der Waals surface area contributed by atoms with Crippen molar-refractivity contribution in [2.24, 2.45) is 0 Å². The van der Waals surface area contributed by atoms with Crippen LogP contribution in [0.1, 0.15) is 168 Å². The first-order valence-electron chi connectivity index (χ1n) is 24.2. The van der Waals surface area contributed by atoms with Crippen LogP contribution in [-0.2, 0) is 23.7 Å². The van der Waals surface area contributed by atoms with E-state index in [1.54, 1.807) is 6.08 Å². The molecule has 0 aliphatic carbocycles. The lowest BCUT2D eigenvalue weighted by molar-refractivity contribution is -0.359. The summed E-state index contributed by atoms with van der Waals surface area (Å²) in [5.41, 5.74) is 0. The number of allylic oxidation sites excluding steroid dienone is 5. The highest BCUT2D eigenvalue weighted by atomic mass is 16.7. The molecule has 0 aromatic rings. The van der Waals surface area contributed by atoms with Crippen molar-refractivity contribution in [2.75, 3.05) is 19.8 Å². The molecule has 1 amide bonds. The van der Waals surface area contributed by atoms with Crippen LogP contribution in [0, 0.1) is 0 Å². The van der Waals surface area contributed by atoms with Gasteiger partial charge in [0, 0.05) is 6.42 Å². The van der Waals surface area contributed by atoms with Gasteiger partial charge in [0.25, 0.3) is 0 Å². The molecule has 0 bridgehead atoms. The van der Waals surface area contributed by atoms with Crippen LogP contribution in [0.15, 0.2) is 36.5 Å². The first-order chi connectivity index (χ1) is 30.1. The van der Waals surface area contributed by atoms with E-state index in [0.29, 0.717) is 6.42 Å². The molecule has 2 rings (SSSR count). The Balaban J connectivity index is 1.89. The van der Waals surface area contributed by atoms with Crippen LogP contribution in [-0.4, -0.2) is 140 Å². The lowest BCUT2D eigenvalue weighted by atomic mass is 9.97. The number of aliphatic hydroxyl groups excluding tert-OH is 8. The summed E-state index contributed by atoms with van der Waals surface area (Å²) in [6.07, 6.45) is 21.8. The summed E-state index contributed by atoms with van der Waals surface area (Å²) in [5.74, 6) is -0.256. The molecule has 0 unspecified atom stereocenters. The number of carbonyl (C=O) groups excluding carboxylic acids is 1. The summed E-state index contributed by atoms with van der Waals surface area (Å²) in [6, 6.07) is -0.919. The van der Waals surface area contributed by atoms with E-state index in [2.05, 4.69) is 43.5 Å². The van der Waals surface area contributed by atoms with Crippen molar-refractivity contribution in [3.63, 3.8) is 0 Å². The van der Waals surface area contributed by atoms with E-state index in [9.17, 15) is 45.6 Å². The minimum atomic E-state index is -1.79. The Morgan fingerprint density at radius 1 is 0.581 bits per heavy atom. The van der Waals surface area contributed by atoms with Gasteiger partial charge < -0.3 is 65.1 Å². The summed E-state index contributed by atoms with van der Waals surface area (Å²) < 4.78 is 22.6. The van der Waals surface area contributed by atoms with Gasteiger partial charge in [-0.05, 0) is 51.4 Å². The molecular weight excluding hydrogens is 799 g/mol. The van der Waals surface area contributed by atoms with Crippen molar-refractivity contribution < 1.29 is 64.6 Å². The van der Waals surface area contributed by atoms with Crippen LogP contribution < -0.4 is 5.32 Å². The molecule has 14 nitrogen and oxygen atoms in total. The van der Waals surface area contributed by atoms with Crippen LogP contribution >= 0.6 is 0 Å². The lowest BCUT2D eigenvalue weighted by Crippen LogP contribution is -2.65. The summed E-state index contributed by atoms with van der Waals surface area (Å²) in [4.78, 5) is 13.1.